The number of nitrogens with one attached hydrogen (secondary N) is 1. The first-order valence-electron chi connectivity index (χ1n) is 7.74. The minimum Gasteiger partial charge on any atom is -0.309 e. The number of carbonyl (C=O) groups excluding carboxylic acids is 1. The standard InChI is InChI=1S/C18H15N5O/c1-10-7-11(2)23-18(20-10)16-14(8-15(24)21-17(16)22-23)13-6-4-3-5-12(13)9-19/h3-7,14H,8H2,1-2H3,(H,21,22,24). The monoisotopic (exact) mass is 317 g/mol. The van der Waals surface area contributed by atoms with Crippen LogP contribution in [0.15, 0.2) is 30.3 Å². The lowest BCUT2D eigenvalue weighted by atomic mass is 9.84. The van der Waals surface area contributed by atoms with Crippen molar-refractivity contribution in [1.29, 1.82) is 5.26 Å². The van der Waals surface area contributed by atoms with Gasteiger partial charge in [-0.2, -0.15) is 5.26 Å². The number of rotatable bonds is 1. The molecule has 118 valence electrons. The highest BCUT2D eigenvalue weighted by Crippen LogP contribution is 2.40. The molecule has 3 aromatic rings. The Morgan fingerprint density at radius 3 is 2.92 bits per heavy atom. The lowest BCUT2D eigenvalue weighted by molar-refractivity contribution is -0.116. The summed E-state index contributed by atoms with van der Waals surface area (Å²) in [7, 11) is 0. The second kappa shape index (κ2) is 5.17. The van der Waals surface area contributed by atoms with Crippen LogP contribution in [0.5, 0.6) is 0 Å². The number of nitrogens with zero attached hydrogens (tertiary/aromatic N) is 4. The molecule has 1 aliphatic rings. The minimum atomic E-state index is -0.226. The second-order valence-electron chi connectivity index (χ2n) is 6.04. The van der Waals surface area contributed by atoms with Gasteiger partial charge in [-0.25, -0.2) is 9.50 Å². The number of nitriles is 1. The van der Waals surface area contributed by atoms with E-state index >= 15 is 0 Å². The molecular weight excluding hydrogens is 302 g/mol. The highest BCUT2D eigenvalue weighted by atomic mass is 16.1. The molecule has 0 fully saturated rings. The molecule has 0 radical (unpaired) electrons. The SMILES string of the molecule is Cc1cc(C)n2nc3c(c2n1)C(c1ccccc1C#N)CC(=O)N3. The van der Waals surface area contributed by atoms with Crippen molar-refractivity contribution in [2.24, 2.45) is 0 Å². The highest BCUT2D eigenvalue weighted by Gasteiger charge is 2.33. The maximum Gasteiger partial charge on any atom is 0.226 e. The van der Waals surface area contributed by atoms with Crippen LogP contribution >= 0.6 is 0 Å². The van der Waals surface area contributed by atoms with Crippen molar-refractivity contribution >= 4 is 17.4 Å². The Morgan fingerprint density at radius 1 is 1.33 bits per heavy atom. The van der Waals surface area contributed by atoms with Crippen molar-refractivity contribution in [3.8, 4) is 6.07 Å². The normalized spacial score (nSPS) is 16.5. The molecule has 1 amide bonds. The molecule has 1 aliphatic heterocycles. The lowest BCUT2D eigenvalue weighted by Gasteiger charge is -2.22. The van der Waals surface area contributed by atoms with Gasteiger partial charge in [0.25, 0.3) is 0 Å². The van der Waals surface area contributed by atoms with Crippen molar-refractivity contribution in [2.45, 2.75) is 26.2 Å². The molecule has 0 saturated carbocycles. The molecule has 3 heterocycles. The van der Waals surface area contributed by atoms with Crippen LogP contribution in [0.25, 0.3) is 5.65 Å². The highest BCUT2D eigenvalue weighted by molar-refractivity contribution is 5.96. The average Bonchev–Trinajstić information content (AvgIpc) is 2.92. The van der Waals surface area contributed by atoms with E-state index in [1.807, 2.05) is 38.1 Å². The van der Waals surface area contributed by atoms with E-state index < -0.39 is 0 Å². The summed E-state index contributed by atoms with van der Waals surface area (Å²) >= 11 is 0. The number of anilines is 1. The van der Waals surface area contributed by atoms with Crippen LogP contribution in [0.2, 0.25) is 0 Å². The van der Waals surface area contributed by atoms with Crippen LogP contribution in [0.4, 0.5) is 5.82 Å². The van der Waals surface area contributed by atoms with Gasteiger partial charge < -0.3 is 5.32 Å². The molecule has 0 saturated heterocycles. The van der Waals surface area contributed by atoms with Crippen molar-refractivity contribution in [3.63, 3.8) is 0 Å². The fourth-order valence-electron chi connectivity index (χ4n) is 3.39. The Labute approximate surface area is 138 Å². The van der Waals surface area contributed by atoms with Gasteiger partial charge in [0, 0.05) is 29.3 Å². The third kappa shape index (κ3) is 2.06. The Hall–Kier alpha value is -3.20. The first kappa shape index (κ1) is 14.4. The summed E-state index contributed by atoms with van der Waals surface area (Å²) in [6, 6.07) is 11.6. The molecule has 1 unspecified atom stereocenters. The van der Waals surface area contributed by atoms with Crippen LogP contribution < -0.4 is 5.32 Å². The Kier molecular flexibility index (Phi) is 3.10. The minimum absolute atomic E-state index is 0.0991. The van der Waals surface area contributed by atoms with E-state index in [1.165, 1.54) is 0 Å². The van der Waals surface area contributed by atoms with E-state index in [-0.39, 0.29) is 18.2 Å². The molecule has 6 nitrogen and oxygen atoms in total. The molecule has 0 bridgehead atoms. The van der Waals surface area contributed by atoms with Gasteiger partial charge in [0.2, 0.25) is 5.91 Å². The molecule has 1 atom stereocenters. The molecule has 1 aromatic carbocycles. The predicted molar refractivity (Wildman–Crippen MR) is 88.7 cm³/mol. The number of benzene rings is 1. The first-order chi connectivity index (χ1) is 11.6. The number of aromatic nitrogens is 3. The number of carbonyl (C=O) groups is 1. The number of hydrogen-bond donors (Lipinski definition) is 1. The Balaban J connectivity index is 2.03. The van der Waals surface area contributed by atoms with E-state index in [4.69, 9.17) is 0 Å². The summed E-state index contributed by atoms with van der Waals surface area (Å²) in [6.45, 7) is 3.90. The molecule has 4 rings (SSSR count). The summed E-state index contributed by atoms with van der Waals surface area (Å²) in [5.41, 5.74) is 4.88. The summed E-state index contributed by atoms with van der Waals surface area (Å²) in [5, 5.41) is 16.8. The van der Waals surface area contributed by atoms with Crippen molar-refractivity contribution in [3.05, 3.63) is 58.4 Å². The summed E-state index contributed by atoms with van der Waals surface area (Å²) in [6.07, 6.45) is 0.279. The van der Waals surface area contributed by atoms with Crippen LogP contribution in [0.3, 0.4) is 0 Å². The average molecular weight is 317 g/mol. The van der Waals surface area contributed by atoms with E-state index in [1.54, 1.807) is 10.6 Å². The zero-order chi connectivity index (χ0) is 16.8. The summed E-state index contributed by atoms with van der Waals surface area (Å²) < 4.78 is 1.76. The quantitative estimate of drug-likeness (QED) is 0.748. The predicted octanol–water partition coefficient (Wildman–Crippen LogP) is 2.69. The van der Waals surface area contributed by atoms with Crippen LogP contribution in [-0.4, -0.2) is 20.5 Å². The van der Waals surface area contributed by atoms with Crippen molar-refractivity contribution in [1.82, 2.24) is 14.6 Å². The smallest absolute Gasteiger partial charge is 0.226 e. The maximum atomic E-state index is 12.2. The molecule has 24 heavy (non-hydrogen) atoms. The van der Waals surface area contributed by atoms with Gasteiger partial charge in [-0.3, -0.25) is 4.79 Å². The maximum absolute atomic E-state index is 12.2. The van der Waals surface area contributed by atoms with Gasteiger partial charge >= 0.3 is 0 Å². The number of aryl methyl sites for hydroxylation is 2. The zero-order valence-corrected chi connectivity index (χ0v) is 13.4. The summed E-state index contributed by atoms with van der Waals surface area (Å²) in [4.78, 5) is 16.8. The van der Waals surface area contributed by atoms with E-state index in [2.05, 4.69) is 21.5 Å². The van der Waals surface area contributed by atoms with Crippen molar-refractivity contribution in [2.75, 3.05) is 5.32 Å². The van der Waals surface area contributed by atoms with Gasteiger partial charge in [-0.05, 0) is 31.5 Å². The van der Waals surface area contributed by atoms with Gasteiger partial charge in [-0.15, -0.1) is 5.10 Å². The molecule has 0 aliphatic carbocycles. The fraction of sp³-hybridized carbons (Fsp3) is 0.222. The van der Waals surface area contributed by atoms with Gasteiger partial charge in [0.1, 0.15) is 0 Å². The fourth-order valence-corrected chi connectivity index (χ4v) is 3.39. The van der Waals surface area contributed by atoms with Gasteiger partial charge in [0.15, 0.2) is 11.5 Å². The number of hydrogen-bond acceptors (Lipinski definition) is 4. The largest absolute Gasteiger partial charge is 0.309 e. The summed E-state index contributed by atoms with van der Waals surface area (Å²) in [5.74, 6) is 0.207. The van der Waals surface area contributed by atoms with Crippen LogP contribution in [0.1, 0.15) is 40.4 Å². The molecule has 6 heteroatoms. The Morgan fingerprint density at radius 2 is 2.12 bits per heavy atom. The number of fused-ring (bicyclic) bond motifs is 3. The lowest BCUT2D eigenvalue weighted by Crippen LogP contribution is -2.23. The molecule has 1 N–H and O–H groups in total. The first-order valence-corrected chi connectivity index (χ1v) is 7.74. The topological polar surface area (TPSA) is 83.1 Å². The molecule has 0 spiro atoms. The third-order valence-corrected chi connectivity index (χ3v) is 4.38. The van der Waals surface area contributed by atoms with Crippen LogP contribution in [-0.2, 0) is 4.79 Å². The van der Waals surface area contributed by atoms with Crippen LogP contribution in [0, 0.1) is 25.2 Å². The van der Waals surface area contributed by atoms with E-state index in [9.17, 15) is 10.1 Å². The molecule has 2 aromatic heterocycles. The van der Waals surface area contributed by atoms with Crippen molar-refractivity contribution < 1.29 is 4.79 Å². The third-order valence-electron chi connectivity index (χ3n) is 4.38. The van der Waals surface area contributed by atoms with Gasteiger partial charge in [0.05, 0.1) is 11.6 Å². The van der Waals surface area contributed by atoms with E-state index in [0.717, 1.165) is 28.2 Å². The Bertz CT molecular complexity index is 1030. The second-order valence-corrected chi connectivity index (χ2v) is 6.04. The number of amides is 1. The zero-order valence-electron chi connectivity index (χ0n) is 13.4. The van der Waals surface area contributed by atoms with Gasteiger partial charge in [-0.1, -0.05) is 18.2 Å². The van der Waals surface area contributed by atoms with E-state index in [0.29, 0.717) is 11.4 Å². The molecular formula is C18H15N5O.